The number of hydrogen-bond acceptors (Lipinski definition) is 2. The third kappa shape index (κ3) is 5.46. The lowest BCUT2D eigenvalue weighted by Gasteiger charge is -2.38. The second-order valence-corrected chi connectivity index (χ2v) is 14.2. The van der Waals surface area contributed by atoms with Crippen molar-refractivity contribution >= 4 is 5.78 Å². The van der Waals surface area contributed by atoms with Gasteiger partial charge in [0.15, 0.2) is 0 Å². The molecule has 6 rings (SSSR count). The smallest absolute Gasteiger partial charge is 0.298 e. The van der Waals surface area contributed by atoms with Crippen molar-refractivity contribution in [2.75, 3.05) is 0 Å². The van der Waals surface area contributed by atoms with Crippen molar-refractivity contribution in [3.8, 4) is 0 Å². The molecule has 0 radical (unpaired) electrons. The average Bonchev–Trinajstić information content (AvgIpc) is 3.42. The molecule has 5 aliphatic carbocycles. The first-order chi connectivity index (χ1) is 17.9. The molecule has 0 bridgehead atoms. The Balaban J connectivity index is 0.000000244. The molecule has 1 aromatic rings. The monoisotopic (exact) mass is 531 g/mol. The maximum atomic E-state index is 14.0. The molecule has 1 aromatic heterocycles. The number of nitrogens with zero attached hydrogens (tertiary/aromatic N) is 1. The van der Waals surface area contributed by atoms with Crippen LogP contribution in [-0.2, 0) is 23.8 Å². The third-order valence-corrected chi connectivity index (χ3v) is 11.6. The van der Waals surface area contributed by atoms with Gasteiger partial charge in [0.25, 0.3) is 0 Å². The average molecular weight is 532 g/mol. The molecule has 5 heteroatoms. The van der Waals surface area contributed by atoms with Crippen LogP contribution in [0.5, 0.6) is 0 Å². The molecule has 2 nitrogen and oxygen atoms in total. The van der Waals surface area contributed by atoms with E-state index in [2.05, 4.69) is 25.8 Å². The molecule has 5 aliphatic rings. The molecule has 0 aliphatic heterocycles. The number of rotatable bonds is 3. The van der Waals surface area contributed by atoms with Crippen LogP contribution in [0.1, 0.15) is 122 Å². The van der Waals surface area contributed by atoms with Crippen LogP contribution in [0.2, 0.25) is 0 Å². The lowest BCUT2D eigenvalue weighted by molar-refractivity contribution is -0.140. The Morgan fingerprint density at radius 2 is 1.82 bits per heavy atom. The van der Waals surface area contributed by atoms with E-state index in [1.807, 2.05) is 6.92 Å². The van der Waals surface area contributed by atoms with E-state index in [9.17, 15) is 18.0 Å². The molecule has 212 valence electrons. The normalized spacial score (nSPS) is 40.1. The Labute approximate surface area is 228 Å². The topological polar surface area (TPSA) is 30.0 Å². The van der Waals surface area contributed by atoms with Gasteiger partial charge in [-0.2, -0.15) is 13.2 Å². The molecule has 38 heavy (non-hydrogen) atoms. The summed E-state index contributed by atoms with van der Waals surface area (Å²) in [6.45, 7) is 9.08. The van der Waals surface area contributed by atoms with Gasteiger partial charge in [-0.15, -0.1) is 0 Å². The highest BCUT2D eigenvalue weighted by molar-refractivity contribution is 5.91. The first kappa shape index (κ1) is 28.1. The van der Waals surface area contributed by atoms with Crippen LogP contribution >= 0.6 is 0 Å². The van der Waals surface area contributed by atoms with E-state index in [1.54, 1.807) is 6.42 Å². The molecule has 0 aromatic carbocycles. The predicted octanol–water partition coefficient (Wildman–Crippen LogP) is 9.24. The van der Waals surface area contributed by atoms with Crippen molar-refractivity contribution in [1.29, 1.82) is 0 Å². The molecule has 0 N–H and O–H groups in total. The van der Waals surface area contributed by atoms with Crippen molar-refractivity contribution in [3.05, 3.63) is 29.1 Å². The van der Waals surface area contributed by atoms with Gasteiger partial charge in [-0.25, -0.2) is 0 Å². The molecule has 3 unspecified atom stereocenters. The van der Waals surface area contributed by atoms with Crippen LogP contribution in [0.3, 0.4) is 0 Å². The van der Waals surface area contributed by atoms with Gasteiger partial charge < -0.3 is 0 Å². The minimum absolute atomic E-state index is 0.227. The van der Waals surface area contributed by atoms with Gasteiger partial charge >= 0.3 is 6.18 Å². The minimum Gasteiger partial charge on any atom is -0.298 e. The number of pyridine rings is 1. The summed E-state index contributed by atoms with van der Waals surface area (Å²) in [5.74, 6) is 5.76. The Hall–Kier alpha value is -1.39. The highest BCUT2D eigenvalue weighted by Crippen LogP contribution is 2.60. The summed E-state index contributed by atoms with van der Waals surface area (Å²) in [5, 5.41) is 0. The van der Waals surface area contributed by atoms with Gasteiger partial charge in [-0.05, 0) is 118 Å². The lowest BCUT2D eigenvalue weighted by Crippen LogP contribution is -2.43. The highest BCUT2D eigenvalue weighted by Gasteiger charge is 2.58. The zero-order valence-corrected chi connectivity index (χ0v) is 24.0. The summed E-state index contributed by atoms with van der Waals surface area (Å²) in [4.78, 5) is 18.1. The van der Waals surface area contributed by atoms with Gasteiger partial charge in [0.1, 0.15) is 5.78 Å². The third-order valence-electron chi connectivity index (χ3n) is 11.6. The van der Waals surface area contributed by atoms with Crippen molar-refractivity contribution < 1.29 is 18.0 Å². The number of halogens is 3. The number of aryl methyl sites for hydroxylation is 1. The lowest BCUT2D eigenvalue weighted by atomic mass is 9.63. The van der Waals surface area contributed by atoms with E-state index in [0.29, 0.717) is 36.0 Å². The number of alkyl halides is 3. The molecule has 0 saturated heterocycles. The molecule has 0 spiro atoms. The number of carbonyl (C=O) groups is 1. The van der Waals surface area contributed by atoms with Crippen molar-refractivity contribution in [2.24, 2.45) is 46.3 Å². The Morgan fingerprint density at radius 3 is 2.55 bits per heavy atom. The van der Waals surface area contributed by atoms with E-state index < -0.39 is 17.2 Å². The summed E-state index contributed by atoms with van der Waals surface area (Å²) in [6, 6.07) is 1.24. The standard InChI is InChI=1S/C23H30F3NO.C10H18/c1-3-15-10-17-6-4-9-22(17,12-15)20(28)21(2)8-5-7-19-16(13-21)11-18(14-27-19)23(24,25)26;1-7-3-4-9-6-10(9)5-8(7)2/h11,14-15,17H,3-10,12-13H2,1-2H3;7-10H,3-6H2,1-2H3/t15-,17-,21?,22-;7-,8+,9?,10?/m10/s1. The first-order valence-electron chi connectivity index (χ1n) is 15.5. The van der Waals surface area contributed by atoms with E-state index >= 15 is 0 Å². The Morgan fingerprint density at radius 1 is 1.03 bits per heavy atom. The molecule has 1 heterocycles. The van der Waals surface area contributed by atoms with Crippen molar-refractivity contribution in [2.45, 2.75) is 124 Å². The van der Waals surface area contributed by atoms with E-state index in [4.69, 9.17) is 0 Å². The fraction of sp³-hybridized carbons (Fsp3) is 0.818. The van der Waals surface area contributed by atoms with Gasteiger partial charge in [0.05, 0.1) is 5.56 Å². The summed E-state index contributed by atoms with van der Waals surface area (Å²) >= 11 is 0. The van der Waals surface area contributed by atoms with Gasteiger partial charge in [-0.1, -0.05) is 47.0 Å². The quantitative estimate of drug-likeness (QED) is 0.364. The number of fused-ring (bicyclic) bond motifs is 3. The van der Waals surface area contributed by atoms with Gasteiger partial charge in [-0.3, -0.25) is 9.78 Å². The molecule has 4 saturated carbocycles. The van der Waals surface area contributed by atoms with Gasteiger partial charge in [0, 0.05) is 22.7 Å². The van der Waals surface area contributed by atoms with Crippen LogP contribution in [0.4, 0.5) is 13.2 Å². The van der Waals surface area contributed by atoms with Crippen LogP contribution in [0.15, 0.2) is 12.3 Å². The van der Waals surface area contributed by atoms with E-state index in [0.717, 1.165) is 86.9 Å². The minimum atomic E-state index is -4.40. The Bertz CT molecular complexity index is 1020. The second-order valence-electron chi connectivity index (χ2n) is 14.2. The fourth-order valence-electron chi connectivity index (χ4n) is 8.91. The summed E-state index contributed by atoms with van der Waals surface area (Å²) in [7, 11) is 0. The molecular weight excluding hydrogens is 483 g/mol. The molecule has 4 fully saturated rings. The second kappa shape index (κ2) is 10.5. The number of Topliss-reactive ketones (excluding diaryl/α,β-unsaturated/α-hetero) is 1. The summed E-state index contributed by atoms with van der Waals surface area (Å²) < 4.78 is 39.6. The van der Waals surface area contributed by atoms with Gasteiger partial charge in [0.2, 0.25) is 0 Å². The first-order valence-corrected chi connectivity index (χ1v) is 15.5. The van der Waals surface area contributed by atoms with Crippen LogP contribution in [0.25, 0.3) is 0 Å². The Kier molecular flexibility index (Phi) is 7.81. The van der Waals surface area contributed by atoms with E-state index in [-0.39, 0.29) is 5.41 Å². The number of carbonyl (C=O) groups excluding carboxylic acids is 1. The zero-order chi connectivity index (χ0) is 27.3. The number of ketones is 1. The molecular formula is C33H48F3NO. The largest absolute Gasteiger partial charge is 0.417 e. The summed E-state index contributed by atoms with van der Waals surface area (Å²) in [5.41, 5.74) is -0.147. The van der Waals surface area contributed by atoms with Crippen LogP contribution in [0, 0.1) is 46.3 Å². The highest BCUT2D eigenvalue weighted by atomic mass is 19.4. The van der Waals surface area contributed by atoms with Crippen molar-refractivity contribution in [3.63, 3.8) is 0 Å². The summed E-state index contributed by atoms with van der Waals surface area (Å²) in [6.07, 6.45) is 11.7. The SMILES string of the molecule is CC[C@@H]1C[C@H]2CCC[C@@]2(C(=O)C2(C)CCCc3ncc(C(F)(F)F)cc3C2)C1.C[C@@H]1CC2CC2CC[C@@H]1C. The fourth-order valence-corrected chi connectivity index (χ4v) is 8.91. The molecule has 0 amide bonds. The van der Waals surface area contributed by atoms with Crippen LogP contribution < -0.4 is 0 Å². The number of hydrogen-bond donors (Lipinski definition) is 0. The molecule has 8 atom stereocenters. The number of aromatic nitrogens is 1. The maximum Gasteiger partial charge on any atom is 0.417 e. The predicted molar refractivity (Wildman–Crippen MR) is 146 cm³/mol. The maximum absolute atomic E-state index is 14.0. The van der Waals surface area contributed by atoms with Crippen LogP contribution in [-0.4, -0.2) is 10.8 Å². The zero-order valence-electron chi connectivity index (χ0n) is 24.0. The van der Waals surface area contributed by atoms with Crippen molar-refractivity contribution in [1.82, 2.24) is 4.98 Å². The van der Waals surface area contributed by atoms with E-state index in [1.165, 1.54) is 25.3 Å².